The van der Waals surface area contributed by atoms with Crippen LogP contribution in [-0.4, -0.2) is 4.92 Å². The lowest BCUT2D eigenvalue weighted by Crippen LogP contribution is -2.05. The number of hydrogen-bond acceptors (Lipinski definition) is 2. The first-order valence-corrected chi connectivity index (χ1v) is 5.12. The van der Waals surface area contributed by atoms with Gasteiger partial charge in [0.1, 0.15) is 0 Å². The molecule has 16 heavy (non-hydrogen) atoms. The van der Waals surface area contributed by atoms with Crippen molar-refractivity contribution in [1.29, 1.82) is 0 Å². The predicted molar refractivity (Wildman–Crippen MR) is 57.1 cm³/mol. The van der Waals surface area contributed by atoms with Gasteiger partial charge in [-0.1, -0.05) is 29.8 Å². The van der Waals surface area contributed by atoms with E-state index in [2.05, 4.69) is 15.9 Å². The first-order chi connectivity index (χ1) is 7.30. The van der Waals surface area contributed by atoms with Crippen LogP contribution in [0.1, 0.15) is 19.4 Å². The molecule has 0 aliphatic rings. The molecule has 0 heterocycles. The zero-order valence-electron chi connectivity index (χ0n) is 8.51. The number of alkyl halides is 3. The van der Waals surface area contributed by atoms with Gasteiger partial charge < -0.3 is 0 Å². The van der Waals surface area contributed by atoms with E-state index in [0.29, 0.717) is 6.07 Å². The summed E-state index contributed by atoms with van der Waals surface area (Å²) in [5.41, 5.74) is -1.63. The Morgan fingerprint density at radius 3 is 2.12 bits per heavy atom. The second kappa shape index (κ2) is 5.83. The second-order valence-electron chi connectivity index (χ2n) is 2.45. The largest absolute Gasteiger partial charge is 0.416 e. The number of halogens is 4. The van der Waals surface area contributed by atoms with E-state index >= 15 is 0 Å². The van der Waals surface area contributed by atoms with Crippen molar-refractivity contribution in [2.45, 2.75) is 20.0 Å². The molecule has 0 bridgehead atoms. The summed E-state index contributed by atoms with van der Waals surface area (Å²) in [5.74, 6) is 0. The molecule has 0 amide bonds. The maximum Gasteiger partial charge on any atom is 0.416 e. The highest BCUT2D eigenvalue weighted by molar-refractivity contribution is 9.10. The molecule has 0 N–H and O–H groups in total. The summed E-state index contributed by atoms with van der Waals surface area (Å²) in [4.78, 5) is 9.37. The lowest BCUT2D eigenvalue weighted by molar-refractivity contribution is -0.385. The third-order valence-electron chi connectivity index (χ3n) is 1.42. The standard InChI is InChI=1S/C7H3BrF3NO2.C2H6/c8-5-1-4(7(9,10)11)2-6(3-5)12(13)14;1-2/h1-3H;1-2H3. The molecule has 0 aliphatic carbocycles. The van der Waals surface area contributed by atoms with E-state index < -0.39 is 22.4 Å². The van der Waals surface area contributed by atoms with Gasteiger partial charge in [0, 0.05) is 16.6 Å². The van der Waals surface area contributed by atoms with Crippen molar-refractivity contribution in [2.24, 2.45) is 0 Å². The highest BCUT2D eigenvalue weighted by Gasteiger charge is 2.32. The molecule has 1 rings (SSSR count). The third-order valence-corrected chi connectivity index (χ3v) is 1.88. The van der Waals surface area contributed by atoms with Gasteiger partial charge in [0.25, 0.3) is 5.69 Å². The van der Waals surface area contributed by atoms with Crippen LogP contribution in [0.3, 0.4) is 0 Å². The van der Waals surface area contributed by atoms with E-state index in [-0.39, 0.29) is 4.47 Å². The predicted octanol–water partition coefficient (Wildman–Crippen LogP) is 4.40. The van der Waals surface area contributed by atoms with Crippen molar-refractivity contribution < 1.29 is 18.1 Å². The zero-order chi connectivity index (χ0) is 12.9. The van der Waals surface area contributed by atoms with Gasteiger partial charge >= 0.3 is 6.18 Å². The molecule has 3 nitrogen and oxygen atoms in total. The highest BCUT2D eigenvalue weighted by atomic mass is 79.9. The number of rotatable bonds is 1. The zero-order valence-corrected chi connectivity index (χ0v) is 10.1. The van der Waals surface area contributed by atoms with Crippen molar-refractivity contribution >= 4 is 21.6 Å². The summed E-state index contributed by atoms with van der Waals surface area (Å²) < 4.78 is 36.5. The highest BCUT2D eigenvalue weighted by Crippen LogP contribution is 2.33. The van der Waals surface area contributed by atoms with Crippen LogP contribution < -0.4 is 0 Å². The van der Waals surface area contributed by atoms with E-state index in [1.807, 2.05) is 13.8 Å². The van der Waals surface area contributed by atoms with Crippen LogP contribution in [0, 0.1) is 10.1 Å². The molecule has 1 aromatic rings. The minimum atomic E-state index is -4.57. The number of benzene rings is 1. The van der Waals surface area contributed by atoms with Gasteiger partial charge in [-0.05, 0) is 6.07 Å². The third kappa shape index (κ3) is 4.18. The van der Waals surface area contributed by atoms with Gasteiger partial charge in [0.2, 0.25) is 0 Å². The fraction of sp³-hybridized carbons (Fsp3) is 0.333. The molecule has 90 valence electrons. The van der Waals surface area contributed by atoms with E-state index in [0.717, 1.165) is 12.1 Å². The minimum Gasteiger partial charge on any atom is -0.258 e. The quantitative estimate of drug-likeness (QED) is 0.570. The number of hydrogen-bond donors (Lipinski definition) is 0. The molecule has 0 atom stereocenters. The molecule has 0 fully saturated rings. The summed E-state index contributed by atoms with van der Waals surface area (Å²) in [6.07, 6.45) is -4.57. The normalized spacial score (nSPS) is 10.4. The summed E-state index contributed by atoms with van der Waals surface area (Å²) in [6, 6.07) is 2.28. The Kier molecular flexibility index (Phi) is 5.43. The van der Waals surface area contributed by atoms with Crippen molar-refractivity contribution in [1.82, 2.24) is 0 Å². The van der Waals surface area contributed by atoms with Gasteiger partial charge in [0.15, 0.2) is 0 Å². The number of nitro benzene ring substituents is 1. The van der Waals surface area contributed by atoms with Crippen LogP contribution in [0.25, 0.3) is 0 Å². The van der Waals surface area contributed by atoms with Gasteiger partial charge in [-0.25, -0.2) is 0 Å². The lowest BCUT2D eigenvalue weighted by atomic mass is 10.2. The van der Waals surface area contributed by atoms with Crippen LogP contribution in [0.5, 0.6) is 0 Å². The van der Waals surface area contributed by atoms with Crippen molar-refractivity contribution in [3.05, 3.63) is 38.3 Å². The Labute approximate surface area is 98.5 Å². The first kappa shape index (κ1) is 14.9. The Balaban J connectivity index is 0.00000106. The van der Waals surface area contributed by atoms with Crippen molar-refractivity contribution in [2.75, 3.05) is 0 Å². The Hall–Kier alpha value is -1.11. The molecule has 0 saturated heterocycles. The SMILES string of the molecule is CC.O=[N+]([O-])c1cc(Br)cc(C(F)(F)F)c1. The Bertz CT molecular complexity index is 380. The monoisotopic (exact) mass is 299 g/mol. The lowest BCUT2D eigenvalue weighted by Gasteiger charge is -2.06. The molecule has 0 aromatic heterocycles. The summed E-state index contributed by atoms with van der Waals surface area (Å²) in [5, 5.41) is 10.2. The van der Waals surface area contributed by atoms with Crippen LogP contribution >= 0.6 is 15.9 Å². The van der Waals surface area contributed by atoms with Crippen LogP contribution in [-0.2, 0) is 6.18 Å². The molecule has 0 spiro atoms. The van der Waals surface area contributed by atoms with Crippen LogP contribution in [0.4, 0.5) is 18.9 Å². The van der Waals surface area contributed by atoms with Gasteiger partial charge in [-0.3, -0.25) is 10.1 Å². The molecule has 7 heteroatoms. The fourth-order valence-corrected chi connectivity index (χ4v) is 1.32. The summed E-state index contributed by atoms with van der Waals surface area (Å²) in [6.45, 7) is 4.00. The Morgan fingerprint density at radius 2 is 1.75 bits per heavy atom. The molecular weight excluding hydrogens is 291 g/mol. The van der Waals surface area contributed by atoms with E-state index in [1.54, 1.807) is 0 Å². The maximum absolute atomic E-state index is 12.2. The van der Waals surface area contributed by atoms with E-state index in [9.17, 15) is 23.3 Å². The fourth-order valence-electron chi connectivity index (χ4n) is 0.843. The van der Waals surface area contributed by atoms with Gasteiger partial charge in [0.05, 0.1) is 10.5 Å². The minimum absolute atomic E-state index is 0.0269. The van der Waals surface area contributed by atoms with E-state index in [1.165, 1.54) is 0 Å². The van der Waals surface area contributed by atoms with Crippen LogP contribution in [0.15, 0.2) is 22.7 Å². The van der Waals surface area contributed by atoms with Gasteiger partial charge in [-0.2, -0.15) is 13.2 Å². The summed E-state index contributed by atoms with van der Waals surface area (Å²) in [7, 11) is 0. The molecule has 0 radical (unpaired) electrons. The molecule has 0 aliphatic heterocycles. The smallest absolute Gasteiger partial charge is 0.258 e. The summed E-state index contributed by atoms with van der Waals surface area (Å²) >= 11 is 2.77. The van der Waals surface area contributed by atoms with Crippen molar-refractivity contribution in [3.8, 4) is 0 Å². The average Bonchev–Trinajstić information content (AvgIpc) is 2.18. The molecule has 1 aromatic carbocycles. The van der Waals surface area contributed by atoms with Gasteiger partial charge in [-0.15, -0.1) is 0 Å². The number of nitro groups is 1. The molecular formula is C9H9BrF3NO2. The number of nitrogens with zero attached hydrogens (tertiary/aromatic N) is 1. The average molecular weight is 300 g/mol. The topological polar surface area (TPSA) is 43.1 Å². The first-order valence-electron chi connectivity index (χ1n) is 4.33. The molecule has 0 unspecified atom stereocenters. The van der Waals surface area contributed by atoms with E-state index in [4.69, 9.17) is 0 Å². The van der Waals surface area contributed by atoms with Crippen molar-refractivity contribution in [3.63, 3.8) is 0 Å². The molecule has 0 saturated carbocycles. The Morgan fingerprint density at radius 1 is 1.25 bits per heavy atom. The van der Waals surface area contributed by atoms with Crippen LogP contribution in [0.2, 0.25) is 0 Å². The second-order valence-corrected chi connectivity index (χ2v) is 3.37. The maximum atomic E-state index is 12.2. The number of non-ortho nitro benzene ring substituents is 1.